The highest BCUT2D eigenvalue weighted by atomic mass is 35.5. The van der Waals surface area contributed by atoms with E-state index in [1.807, 2.05) is 54.6 Å². The van der Waals surface area contributed by atoms with Gasteiger partial charge in [0.15, 0.2) is 0 Å². The van der Waals surface area contributed by atoms with Crippen molar-refractivity contribution in [3.63, 3.8) is 0 Å². The Morgan fingerprint density at radius 1 is 1.12 bits per heavy atom. The fourth-order valence-corrected chi connectivity index (χ4v) is 5.74. The molecule has 0 spiro atoms. The molecule has 8 nitrogen and oxygen atoms in total. The molecule has 2 aliphatic heterocycles. The van der Waals surface area contributed by atoms with Gasteiger partial charge in [-0.05, 0) is 54.7 Å². The van der Waals surface area contributed by atoms with Crippen LogP contribution >= 0.6 is 11.6 Å². The third-order valence-electron chi connectivity index (χ3n) is 7.93. The van der Waals surface area contributed by atoms with Gasteiger partial charge in [0.1, 0.15) is 11.8 Å². The summed E-state index contributed by atoms with van der Waals surface area (Å²) in [6, 6.07) is 17.4. The Morgan fingerprint density at radius 3 is 2.60 bits per heavy atom. The summed E-state index contributed by atoms with van der Waals surface area (Å²) in [7, 11) is 0. The van der Waals surface area contributed by atoms with Gasteiger partial charge in [0.2, 0.25) is 5.88 Å². The summed E-state index contributed by atoms with van der Waals surface area (Å²) >= 11 is 6.45. The zero-order valence-electron chi connectivity index (χ0n) is 22.8. The van der Waals surface area contributed by atoms with Crippen LogP contribution in [-0.2, 0) is 4.74 Å². The smallest absolute Gasteiger partial charge is 0.251 e. The zero-order chi connectivity index (χ0) is 27.6. The molecule has 0 saturated carbocycles. The molecule has 2 aromatic carbocycles. The van der Waals surface area contributed by atoms with Crippen LogP contribution in [0.1, 0.15) is 48.7 Å². The predicted octanol–water partition coefficient (Wildman–Crippen LogP) is 5.65. The number of carbonyl (C=O) groups is 1. The molecule has 208 valence electrons. The van der Waals surface area contributed by atoms with E-state index in [0.29, 0.717) is 22.5 Å². The van der Waals surface area contributed by atoms with Crippen LogP contribution < -0.4 is 10.1 Å². The third kappa shape index (κ3) is 5.57. The lowest BCUT2D eigenvalue weighted by molar-refractivity contribution is -0.0779. The maximum Gasteiger partial charge on any atom is 0.251 e. The molecule has 1 atom stereocenters. The Bertz CT molecular complexity index is 1480. The Hall–Kier alpha value is -3.46. The van der Waals surface area contributed by atoms with E-state index >= 15 is 0 Å². The van der Waals surface area contributed by atoms with Crippen molar-refractivity contribution in [3.05, 3.63) is 76.9 Å². The molecular formula is C31H34ClN5O3. The summed E-state index contributed by atoms with van der Waals surface area (Å²) in [5.74, 6) is 0.618. The molecule has 4 aromatic rings. The molecular weight excluding hydrogens is 526 g/mol. The second-order valence-electron chi connectivity index (χ2n) is 11.0. The van der Waals surface area contributed by atoms with Gasteiger partial charge in [0.05, 0.1) is 30.8 Å². The molecule has 1 unspecified atom stereocenters. The number of aromatic amines is 1. The number of nitrogens with one attached hydrogen (secondary N) is 2. The molecule has 4 heterocycles. The minimum Gasteiger partial charge on any atom is -0.474 e. The number of H-pyrrole nitrogens is 1. The first kappa shape index (κ1) is 26.7. The monoisotopic (exact) mass is 559 g/mol. The van der Waals surface area contributed by atoms with Gasteiger partial charge in [0.25, 0.3) is 5.91 Å². The molecule has 2 fully saturated rings. The van der Waals surface area contributed by atoms with Crippen molar-refractivity contribution >= 4 is 28.4 Å². The van der Waals surface area contributed by atoms with E-state index < -0.39 is 0 Å². The molecule has 0 bridgehead atoms. The van der Waals surface area contributed by atoms with E-state index in [2.05, 4.69) is 39.2 Å². The summed E-state index contributed by atoms with van der Waals surface area (Å²) in [6.45, 7) is 7.90. The summed E-state index contributed by atoms with van der Waals surface area (Å²) in [5.41, 5.74) is 3.91. The summed E-state index contributed by atoms with van der Waals surface area (Å²) in [6.07, 6.45) is 3.93. The molecule has 0 radical (unpaired) electrons. The molecule has 2 saturated heterocycles. The van der Waals surface area contributed by atoms with E-state index in [1.165, 1.54) is 0 Å². The largest absolute Gasteiger partial charge is 0.474 e. The number of hydrogen-bond acceptors (Lipinski definition) is 6. The predicted molar refractivity (Wildman–Crippen MR) is 156 cm³/mol. The minimum absolute atomic E-state index is 0.161. The number of amides is 1. The average molecular weight is 560 g/mol. The molecule has 6 rings (SSSR count). The number of fused-ring (bicyclic) bond motifs is 1. The van der Waals surface area contributed by atoms with Gasteiger partial charge in [-0.2, -0.15) is 5.10 Å². The van der Waals surface area contributed by atoms with E-state index in [9.17, 15) is 4.79 Å². The van der Waals surface area contributed by atoms with E-state index in [-0.39, 0.29) is 24.0 Å². The van der Waals surface area contributed by atoms with E-state index in [1.54, 1.807) is 6.20 Å². The van der Waals surface area contributed by atoms with Crippen LogP contribution in [0, 0.1) is 5.92 Å². The number of pyridine rings is 1. The maximum absolute atomic E-state index is 13.3. The third-order valence-corrected chi connectivity index (χ3v) is 8.27. The minimum atomic E-state index is -0.211. The number of carbonyl (C=O) groups excluding carboxylic acids is 1. The number of aromatic nitrogens is 3. The van der Waals surface area contributed by atoms with Crippen LogP contribution in [0.25, 0.3) is 22.2 Å². The van der Waals surface area contributed by atoms with Gasteiger partial charge in [0, 0.05) is 46.9 Å². The molecule has 2 aromatic heterocycles. The summed E-state index contributed by atoms with van der Waals surface area (Å²) in [5, 5.41) is 12.3. The van der Waals surface area contributed by atoms with Crippen LogP contribution in [0.15, 0.2) is 60.8 Å². The normalized spacial score (nSPS) is 17.6. The topological polar surface area (TPSA) is 92.4 Å². The van der Waals surface area contributed by atoms with Crippen LogP contribution in [0.2, 0.25) is 5.02 Å². The first-order valence-corrected chi connectivity index (χ1v) is 14.3. The molecule has 9 heteroatoms. The molecule has 2 N–H and O–H groups in total. The first-order valence-electron chi connectivity index (χ1n) is 13.9. The van der Waals surface area contributed by atoms with Crippen molar-refractivity contribution in [2.75, 3.05) is 26.3 Å². The highest BCUT2D eigenvalue weighted by Gasteiger charge is 2.30. The molecule has 1 amide bonds. The average Bonchev–Trinajstić information content (AvgIpc) is 3.36. The van der Waals surface area contributed by atoms with E-state index in [4.69, 9.17) is 21.1 Å². The first-order chi connectivity index (χ1) is 19.5. The lowest BCUT2D eigenvalue weighted by Gasteiger charge is -2.41. The van der Waals surface area contributed by atoms with Crippen molar-refractivity contribution in [2.24, 2.45) is 5.92 Å². The molecule has 2 aliphatic rings. The van der Waals surface area contributed by atoms with Crippen molar-refractivity contribution in [1.29, 1.82) is 0 Å². The van der Waals surface area contributed by atoms with Crippen LogP contribution in [0.4, 0.5) is 0 Å². The van der Waals surface area contributed by atoms with Gasteiger partial charge >= 0.3 is 0 Å². The SMILES string of the molecule is CC(C)C(NC(=O)c1ccc2[nH]nc(-c3ccc(OC4CCN(C5COC5)CC4)nc3)c2c1)c1ccccc1Cl. The van der Waals surface area contributed by atoms with Gasteiger partial charge < -0.3 is 14.8 Å². The molecule has 0 aliphatic carbocycles. The summed E-state index contributed by atoms with van der Waals surface area (Å²) in [4.78, 5) is 20.4. The van der Waals surface area contributed by atoms with Crippen LogP contribution in [0.3, 0.4) is 0 Å². The standard InChI is InChI=1S/C31H34ClN5O3/c1-19(2)29(24-5-3-4-6-26(24)32)34-31(38)20-7-9-27-25(15-20)30(36-35-27)21-8-10-28(33-16-21)40-23-11-13-37(14-12-23)22-17-39-18-22/h3-10,15-16,19,22-23,29H,11-14,17-18H2,1-2H3,(H,34,38)(H,35,36). The fraction of sp³-hybridized carbons (Fsp3) is 0.387. The Balaban J connectivity index is 1.15. The van der Waals surface area contributed by atoms with Gasteiger partial charge in [-0.3, -0.25) is 14.8 Å². The Kier molecular flexibility index (Phi) is 7.74. The van der Waals surface area contributed by atoms with Gasteiger partial charge in [-0.25, -0.2) is 4.98 Å². The lowest BCUT2D eigenvalue weighted by Crippen LogP contribution is -2.52. The number of halogens is 1. The number of nitrogens with zero attached hydrogens (tertiary/aromatic N) is 3. The second-order valence-corrected chi connectivity index (χ2v) is 11.4. The van der Waals surface area contributed by atoms with E-state index in [0.717, 1.165) is 66.9 Å². The van der Waals surface area contributed by atoms with Crippen molar-refractivity contribution in [3.8, 4) is 17.1 Å². The second kappa shape index (κ2) is 11.6. The van der Waals surface area contributed by atoms with Gasteiger partial charge in [-0.1, -0.05) is 43.6 Å². The van der Waals surface area contributed by atoms with Crippen LogP contribution in [-0.4, -0.2) is 64.4 Å². The number of benzene rings is 2. The number of piperidine rings is 1. The Morgan fingerprint density at radius 2 is 1.93 bits per heavy atom. The highest BCUT2D eigenvalue weighted by molar-refractivity contribution is 6.31. The highest BCUT2D eigenvalue weighted by Crippen LogP contribution is 2.31. The Labute approximate surface area is 239 Å². The number of rotatable bonds is 8. The quantitative estimate of drug-likeness (QED) is 0.290. The van der Waals surface area contributed by atoms with Gasteiger partial charge in [-0.15, -0.1) is 0 Å². The maximum atomic E-state index is 13.3. The number of likely N-dealkylation sites (tertiary alicyclic amines) is 1. The van der Waals surface area contributed by atoms with Crippen LogP contribution in [0.5, 0.6) is 5.88 Å². The lowest BCUT2D eigenvalue weighted by atomic mass is 9.95. The number of hydrogen-bond donors (Lipinski definition) is 2. The fourth-order valence-electron chi connectivity index (χ4n) is 5.48. The van der Waals surface area contributed by atoms with Crippen molar-refractivity contribution in [1.82, 2.24) is 25.4 Å². The summed E-state index contributed by atoms with van der Waals surface area (Å²) < 4.78 is 11.5. The van der Waals surface area contributed by atoms with Crippen molar-refractivity contribution in [2.45, 2.75) is 44.9 Å². The zero-order valence-corrected chi connectivity index (χ0v) is 23.5. The molecule has 40 heavy (non-hydrogen) atoms. The van der Waals surface area contributed by atoms with Crippen molar-refractivity contribution < 1.29 is 14.3 Å². The number of ether oxygens (including phenoxy) is 2.